The molecule has 4 rings (SSSR count). The molecule has 4 N–H and O–H groups in total. The van der Waals surface area contributed by atoms with E-state index in [1.807, 2.05) is 62.4 Å². The molecule has 0 saturated carbocycles. The van der Waals surface area contributed by atoms with Crippen LogP contribution in [0.3, 0.4) is 0 Å². The number of hydrogen-bond donors (Lipinski definition) is 4. The van der Waals surface area contributed by atoms with Crippen molar-refractivity contribution in [1.29, 1.82) is 0 Å². The van der Waals surface area contributed by atoms with E-state index in [4.69, 9.17) is 12.2 Å². The number of rotatable bonds is 4. The van der Waals surface area contributed by atoms with Crippen LogP contribution in [-0.2, 0) is 0 Å². The van der Waals surface area contributed by atoms with Gasteiger partial charge in [-0.3, -0.25) is 15.6 Å². The number of carbonyl (C=O) groups is 1. The minimum atomic E-state index is -2.62. The van der Waals surface area contributed by atoms with Gasteiger partial charge in [-0.15, -0.1) is 0 Å². The Kier molecular flexibility index (Phi) is 6.55. The topological polar surface area (TPSA) is 83.0 Å². The smallest absolute Gasteiger partial charge is 0.275 e. The van der Waals surface area contributed by atoms with Crippen LogP contribution in [0.25, 0.3) is 0 Å². The molecule has 3 aromatic rings. The van der Waals surface area contributed by atoms with Gasteiger partial charge in [-0.2, -0.15) is 5.10 Å². The number of aromatic nitrogens is 2. The first-order valence-corrected chi connectivity index (χ1v) is 10.9. The molecule has 0 unspecified atom stereocenters. The van der Waals surface area contributed by atoms with E-state index in [2.05, 4.69) is 26.6 Å². The summed E-state index contributed by atoms with van der Waals surface area (Å²) in [6, 6.07) is 13.6. The molecule has 172 valence electrons. The van der Waals surface area contributed by atoms with Crippen LogP contribution in [0.5, 0.6) is 0 Å². The number of hydrogen-bond acceptors (Lipinski definition) is 4. The molecule has 33 heavy (non-hydrogen) atoms. The lowest BCUT2D eigenvalue weighted by atomic mass is 9.97. The van der Waals surface area contributed by atoms with Crippen LogP contribution in [0.15, 0.2) is 54.7 Å². The van der Waals surface area contributed by atoms with Gasteiger partial charge in [0.1, 0.15) is 17.4 Å². The van der Waals surface area contributed by atoms with Gasteiger partial charge in [-0.1, -0.05) is 48.0 Å². The minimum Gasteiger partial charge on any atom is -0.363 e. The van der Waals surface area contributed by atoms with Gasteiger partial charge in [-0.05, 0) is 49.7 Å². The molecule has 0 bridgehead atoms. The summed E-state index contributed by atoms with van der Waals surface area (Å²) in [5, 5.41) is 10.5. The zero-order chi connectivity index (χ0) is 23.5. The first-order valence-electron chi connectivity index (χ1n) is 10.4. The Bertz CT molecular complexity index is 1170. The summed E-state index contributed by atoms with van der Waals surface area (Å²) in [6.07, 6.45) is -1.19. The summed E-state index contributed by atoms with van der Waals surface area (Å²) in [5.41, 5.74) is 9.10. The third-order valence-corrected chi connectivity index (χ3v) is 5.76. The Labute approximate surface area is 195 Å². The molecule has 1 aromatic heterocycles. The molecule has 0 spiro atoms. The van der Waals surface area contributed by atoms with E-state index in [0.717, 1.165) is 22.4 Å². The average molecular weight is 471 g/mol. The first-order chi connectivity index (χ1) is 15.8. The highest BCUT2D eigenvalue weighted by Gasteiger charge is 2.36. The van der Waals surface area contributed by atoms with Crippen LogP contribution in [0.4, 0.5) is 20.3 Å². The summed E-state index contributed by atoms with van der Waals surface area (Å²) < 4.78 is 28.8. The van der Waals surface area contributed by atoms with Crippen molar-refractivity contribution >= 4 is 34.7 Å². The number of thiocarbonyl (C=S) groups is 1. The molecule has 10 heteroatoms. The van der Waals surface area contributed by atoms with E-state index in [-0.39, 0.29) is 29.0 Å². The normalized spacial score (nSPS) is 17.1. The SMILES string of the molecule is Cc1ccc(NC(=S)NNC(=O)c2cnn3c2N[C@@H](c2ccccc2)C[C@H]3C(F)F)c(C)c1. The average Bonchev–Trinajstić information content (AvgIpc) is 3.23. The predicted octanol–water partition coefficient (Wildman–Crippen LogP) is 4.49. The Morgan fingerprint density at radius 1 is 1.18 bits per heavy atom. The van der Waals surface area contributed by atoms with Crippen molar-refractivity contribution in [1.82, 2.24) is 20.6 Å². The maximum atomic E-state index is 13.8. The lowest BCUT2D eigenvalue weighted by Crippen LogP contribution is -2.44. The lowest BCUT2D eigenvalue weighted by Gasteiger charge is -2.32. The number of halogens is 2. The summed E-state index contributed by atoms with van der Waals surface area (Å²) >= 11 is 5.26. The number of carbonyl (C=O) groups excluding carboxylic acids is 1. The molecule has 1 amide bonds. The fourth-order valence-corrected chi connectivity index (χ4v) is 4.05. The highest BCUT2D eigenvalue weighted by Crippen LogP contribution is 2.39. The molecule has 2 heterocycles. The number of anilines is 2. The maximum Gasteiger partial charge on any atom is 0.275 e. The summed E-state index contributed by atoms with van der Waals surface area (Å²) in [6.45, 7) is 3.94. The Morgan fingerprint density at radius 3 is 2.64 bits per heavy atom. The molecule has 2 aromatic carbocycles. The fourth-order valence-electron chi connectivity index (χ4n) is 3.89. The second-order valence-corrected chi connectivity index (χ2v) is 8.36. The van der Waals surface area contributed by atoms with E-state index in [1.54, 1.807) is 0 Å². The summed E-state index contributed by atoms with van der Waals surface area (Å²) in [7, 11) is 0. The van der Waals surface area contributed by atoms with Crippen molar-refractivity contribution in [2.24, 2.45) is 0 Å². The van der Waals surface area contributed by atoms with Gasteiger partial charge in [0.2, 0.25) is 0 Å². The molecule has 0 saturated heterocycles. The number of fused-ring (bicyclic) bond motifs is 1. The lowest BCUT2D eigenvalue weighted by molar-refractivity contribution is 0.0656. The number of aryl methyl sites for hydroxylation is 2. The van der Waals surface area contributed by atoms with Crippen molar-refractivity contribution in [2.75, 3.05) is 10.6 Å². The van der Waals surface area contributed by atoms with Crippen LogP contribution >= 0.6 is 12.2 Å². The molecule has 0 fully saturated rings. The Morgan fingerprint density at radius 2 is 1.94 bits per heavy atom. The van der Waals surface area contributed by atoms with Gasteiger partial charge < -0.3 is 10.6 Å². The van der Waals surface area contributed by atoms with E-state index in [1.165, 1.54) is 10.9 Å². The predicted molar refractivity (Wildman–Crippen MR) is 127 cm³/mol. The van der Waals surface area contributed by atoms with E-state index < -0.39 is 18.4 Å². The van der Waals surface area contributed by atoms with Gasteiger partial charge in [0.15, 0.2) is 5.11 Å². The quantitative estimate of drug-likeness (QED) is 0.332. The minimum absolute atomic E-state index is 0.142. The number of benzene rings is 2. The molecule has 0 aliphatic carbocycles. The van der Waals surface area contributed by atoms with Crippen molar-refractivity contribution in [3.05, 3.63) is 77.0 Å². The van der Waals surface area contributed by atoms with Crippen LogP contribution in [-0.4, -0.2) is 27.2 Å². The van der Waals surface area contributed by atoms with Crippen molar-refractivity contribution in [3.8, 4) is 0 Å². The molecular formula is C23H24F2N6OS. The van der Waals surface area contributed by atoms with Gasteiger partial charge >= 0.3 is 0 Å². The number of amides is 1. The van der Waals surface area contributed by atoms with Crippen LogP contribution < -0.4 is 21.5 Å². The number of hydrazine groups is 1. The van der Waals surface area contributed by atoms with E-state index >= 15 is 0 Å². The zero-order valence-corrected chi connectivity index (χ0v) is 18.9. The van der Waals surface area contributed by atoms with Gasteiger partial charge in [0.05, 0.1) is 12.2 Å². The number of alkyl halides is 2. The summed E-state index contributed by atoms with van der Waals surface area (Å²) in [5.74, 6) is -0.303. The van der Waals surface area contributed by atoms with Crippen LogP contribution in [0.1, 0.15) is 45.6 Å². The Hall–Kier alpha value is -3.53. The standard InChI is InChI=1S/C23H24F2N6OS/c1-13-8-9-17(14(2)10-13)28-23(33)30-29-22(32)16-12-26-31-19(20(24)25)11-18(27-21(16)31)15-6-4-3-5-7-15/h3-10,12,18-20,27H,11H2,1-2H3,(H,29,32)(H2,28,30,33)/t18-,19+/m1/s1. The Balaban J connectivity index is 1.47. The highest BCUT2D eigenvalue weighted by atomic mass is 32.1. The zero-order valence-electron chi connectivity index (χ0n) is 18.1. The third kappa shape index (κ3) is 4.95. The second-order valence-electron chi connectivity index (χ2n) is 7.95. The number of nitrogens with one attached hydrogen (secondary N) is 4. The van der Waals surface area contributed by atoms with Crippen molar-refractivity contribution in [3.63, 3.8) is 0 Å². The maximum absolute atomic E-state index is 13.8. The van der Waals surface area contributed by atoms with Gasteiger partial charge in [0, 0.05) is 5.69 Å². The molecule has 1 aliphatic rings. The molecule has 7 nitrogen and oxygen atoms in total. The largest absolute Gasteiger partial charge is 0.363 e. The van der Waals surface area contributed by atoms with Crippen molar-refractivity contribution < 1.29 is 13.6 Å². The van der Waals surface area contributed by atoms with Crippen LogP contribution in [0, 0.1) is 13.8 Å². The molecule has 1 aliphatic heterocycles. The monoisotopic (exact) mass is 470 g/mol. The first kappa shape index (κ1) is 22.7. The molecule has 2 atom stereocenters. The third-order valence-electron chi connectivity index (χ3n) is 5.55. The number of nitrogens with zero attached hydrogens (tertiary/aromatic N) is 2. The second kappa shape index (κ2) is 9.53. The fraction of sp³-hybridized carbons (Fsp3) is 0.261. The van der Waals surface area contributed by atoms with E-state index in [9.17, 15) is 13.6 Å². The van der Waals surface area contributed by atoms with Crippen LogP contribution in [0.2, 0.25) is 0 Å². The molecule has 0 radical (unpaired) electrons. The van der Waals surface area contributed by atoms with Gasteiger partial charge in [0.25, 0.3) is 12.3 Å². The van der Waals surface area contributed by atoms with Crippen molar-refractivity contribution in [2.45, 2.75) is 38.8 Å². The molecular weight excluding hydrogens is 446 g/mol. The van der Waals surface area contributed by atoms with E-state index in [0.29, 0.717) is 0 Å². The summed E-state index contributed by atoms with van der Waals surface area (Å²) in [4.78, 5) is 12.8. The highest BCUT2D eigenvalue weighted by molar-refractivity contribution is 7.80. The van der Waals surface area contributed by atoms with Gasteiger partial charge in [-0.25, -0.2) is 13.5 Å².